The van der Waals surface area contributed by atoms with Crippen molar-refractivity contribution in [2.45, 2.75) is 45.3 Å². The number of nitriles is 1. The van der Waals surface area contributed by atoms with E-state index in [0.29, 0.717) is 28.7 Å². The SMILES string of the molecule is C[C@H]1CCCC[C@H]1N1C(=O)/C(=C/c2ccc(OCc3ccccc3C#N)cc2)SC1=Nc1ccccc1. The van der Waals surface area contributed by atoms with E-state index in [-0.39, 0.29) is 11.9 Å². The minimum absolute atomic E-state index is 0.0341. The Morgan fingerprint density at radius 1 is 1.03 bits per heavy atom. The predicted octanol–water partition coefficient (Wildman–Crippen LogP) is 7.32. The number of para-hydroxylation sites is 1. The molecule has 0 spiro atoms. The number of nitrogens with zero attached hydrogens (tertiary/aromatic N) is 3. The number of ether oxygens (including phenoxy) is 1. The van der Waals surface area contributed by atoms with E-state index in [9.17, 15) is 10.1 Å². The van der Waals surface area contributed by atoms with Gasteiger partial charge in [-0.2, -0.15) is 5.26 Å². The van der Waals surface area contributed by atoms with Crippen LogP contribution in [0.4, 0.5) is 5.69 Å². The number of hydrogen-bond acceptors (Lipinski definition) is 5. The van der Waals surface area contributed by atoms with Crippen molar-refractivity contribution in [1.29, 1.82) is 5.26 Å². The highest BCUT2D eigenvalue weighted by atomic mass is 32.2. The summed E-state index contributed by atoms with van der Waals surface area (Å²) in [5.74, 6) is 1.19. The molecule has 3 aromatic rings. The van der Waals surface area contributed by atoms with E-state index in [4.69, 9.17) is 9.73 Å². The minimum atomic E-state index is 0.0341. The summed E-state index contributed by atoms with van der Waals surface area (Å²) in [6.07, 6.45) is 6.45. The van der Waals surface area contributed by atoms with Crippen LogP contribution in [0.1, 0.15) is 49.3 Å². The summed E-state index contributed by atoms with van der Waals surface area (Å²) < 4.78 is 5.90. The van der Waals surface area contributed by atoms with Crippen LogP contribution in [-0.2, 0) is 11.4 Å². The van der Waals surface area contributed by atoms with Gasteiger partial charge in [-0.1, -0.05) is 68.3 Å². The van der Waals surface area contributed by atoms with Crippen LogP contribution in [-0.4, -0.2) is 22.0 Å². The van der Waals surface area contributed by atoms with Crippen molar-refractivity contribution in [3.05, 3.63) is 100 Å². The minimum Gasteiger partial charge on any atom is -0.489 e. The Kier molecular flexibility index (Phi) is 7.72. The van der Waals surface area contributed by atoms with Crippen LogP contribution >= 0.6 is 11.8 Å². The van der Waals surface area contributed by atoms with Gasteiger partial charge in [-0.05, 0) is 72.5 Å². The van der Waals surface area contributed by atoms with Gasteiger partial charge in [0.2, 0.25) is 0 Å². The Hall–Kier alpha value is -3.82. The highest BCUT2D eigenvalue weighted by Gasteiger charge is 2.41. The predicted molar refractivity (Wildman–Crippen MR) is 149 cm³/mol. The molecule has 6 heteroatoms. The molecule has 1 aliphatic heterocycles. The van der Waals surface area contributed by atoms with Crippen molar-refractivity contribution in [2.24, 2.45) is 10.9 Å². The van der Waals surface area contributed by atoms with Gasteiger partial charge in [0.1, 0.15) is 12.4 Å². The summed E-state index contributed by atoms with van der Waals surface area (Å²) in [6.45, 7) is 2.57. The van der Waals surface area contributed by atoms with Gasteiger partial charge in [-0.25, -0.2) is 4.99 Å². The summed E-state index contributed by atoms with van der Waals surface area (Å²) in [4.78, 5) is 21.1. The number of carbonyl (C=O) groups is 1. The molecule has 0 radical (unpaired) electrons. The smallest absolute Gasteiger partial charge is 0.267 e. The standard InChI is InChI=1S/C31H29N3O2S/c1-22-9-5-8-14-28(22)34-30(35)29(37-31(34)33-26-12-3-2-4-13-26)19-23-15-17-27(18-16-23)36-21-25-11-7-6-10-24(25)20-32/h2-4,6-7,10-13,15-19,22,28H,5,8-9,14,21H2,1H3/b29-19-,33-31?/t22-,28+/m0/s1. The van der Waals surface area contributed by atoms with Gasteiger partial charge >= 0.3 is 0 Å². The third kappa shape index (κ3) is 5.79. The molecule has 186 valence electrons. The van der Waals surface area contributed by atoms with Crippen LogP contribution in [0.5, 0.6) is 5.75 Å². The molecule has 0 N–H and O–H groups in total. The molecule has 1 aliphatic carbocycles. The van der Waals surface area contributed by atoms with E-state index in [2.05, 4.69) is 13.0 Å². The van der Waals surface area contributed by atoms with Gasteiger partial charge in [-0.3, -0.25) is 9.69 Å². The highest BCUT2D eigenvalue weighted by molar-refractivity contribution is 8.18. The fourth-order valence-electron chi connectivity index (χ4n) is 4.88. The largest absolute Gasteiger partial charge is 0.489 e. The van der Waals surface area contributed by atoms with E-state index in [1.807, 2.05) is 83.8 Å². The fourth-order valence-corrected chi connectivity index (χ4v) is 5.92. The van der Waals surface area contributed by atoms with Gasteiger partial charge in [0.05, 0.1) is 22.2 Å². The third-order valence-corrected chi connectivity index (χ3v) is 7.91. The quantitative estimate of drug-likeness (QED) is 0.328. The van der Waals surface area contributed by atoms with E-state index < -0.39 is 0 Å². The molecular weight excluding hydrogens is 478 g/mol. The number of amidine groups is 1. The summed E-state index contributed by atoms with van der Waals surface area (Å²) in [5, 5.41) is 10.0. The number of benzene rings is 3. The number of thioether (sulfide) groups is 1. The summed E-state index contributed by atoms with van der Waals surface area (Å²) in [6, 6.07) is 27.3. The maximum atomic E-state index is 13.6. The maximum Gasteiger partial charge on any atom is 0.267 e. The maximum absolute atomic E-state index is 13.6. The second-order valence-electron chi connectivity index (χ2n) is 9.47. The lowest BCUT2D eigenvalue weighted by Gasteiger charge is -2.35. The molecule has 0 bridgehead atoms. The number of hydrogen-bond donors (Lipinski definition) is 0. The average Bonchev–Trinajstić information content (AvgIpc) is 3.23. The molecule has 0 unspecified atom stereocenters. The number of carbonyl (C=O) groups excluding carboxylic acids is 1. The Bertz CT molecular complexity index is 1360. The van der Waals surface area contributed by atoms with E-state index in [0.717, 1.165) is 41.2 Å². The average molecular weight is 508 g/mol. The third-order valence-electron chi connectivity index (χ3n) is 6.93. The molecule has 1 saturated carbocycles. The zero-order chi connectivity index (χ0) is 25.6. The molecule has 1 amide bonds. The molecule has 2 atom stereocenters. The van der Waals surface area contributed by atoms with Crippen molar-refractivity contribution in [1.82, 2.24) is 4.90 Å². The first-order valence-corrected chi connectivity index (χ1v) is 13.5. The molecular formula is C31H29N3O2S. The second kappa shape index (κ2) is 11.5. The van der Waals surface area contributed by atoms with Crippen LogP contribution in [0.25, 0.3) is 6.08 Å². The summed E-state index contributed by atoms with van der Waals surface area (Å²) in [5.41, 5.74) is 3.25. The van der Waals surface area contributed by atoms with Crippen molar-refractivity contribution < 1.29 is 9.53 Å². The lowest BCUT2D eigenvalue weighted by molar-refractivity contribution is -0.124. The van der Waals surface area contributed by atoms with Crippen molar-refractivity contribution in [3.8, 4) is 11.8 Å². The normalized spacial score (nSPS) is 21.8. The molecule has 3 aromatic carbocycles. The molecule has 0 aromatic heterocycles. The number of aliphatic imine (C=N–C) groups is 1. The van der Waals surface area contributed by atoms with Crippen LogP contribution in [0.15, 0.2) is 88.8 Å². The van der Waals surface area contributed by atoms with Crippen LogP contribution < -0.4 is 4.74 Å². The van der Waals surface area contributed by atoms with E-state index in [1.165, 1.54) is 18.2 Å². The first-order chi connectivity index (χ1) is 18.1. The van der Waals surface area contributed by atoms with Crippen LogP contribution in [0.3, 0.4) is 0 Å². The molecule has 37 heavy (non-hydrogen) atoms. The summed E-state index contributed by atoms with van der Waals surface area (Å²) in [7, 11) is 0. The molecule has 5 rings (SSSR count). The molecule has 2 aliphatic rings. The van der Waals surface area contributed by atoms with Crippen molar-refractivity contribution in [3.63, 3.8) is 0 Å². The Labute approximate surface area is 222 Å². The second-order valence-corrected chi connectivity index (χ2v) is 10.5. The summed E-state index contributed by atoms with van der Waals surface area (Å²) >= 11 is 1.45. The van der Waals surface area contributed by atoms with Gasteiger partial charge in [0.25, 0.3) is 5.91 Å². The van der Waals surface area contributed by atoms with Crippen molar-refractivity contribution in [2.75, 3.05) is 0 Å². The van der Waals surface area contributed by atoms with E-state index >= 15 is 0 Å². The zero-order valence-electron chi connectivity index (χ0n) is 20.8. The monoisotopic (exact) mass is 507 g/mol. The Morgan fingerprint density at radius 3 is 2.51 bits per heavy atom. The van der Waals surface area contributed by atoms with Gasteiger partial charge in [-0.15, -0.1) is 0 Å². The first-order valence-electron chi connectivity index (χ1n) is 12.7. The molecule has 5 nitrogen and oxygen atoms in total. The molecule has 1 saturated heterocycles. The lowest BCUT2D eigenvalue weighted by atomic mass is 9.85. The van der Waals surface area contributed by atoms with E-state index in [1.54, 1.807) is 6.07 Å². The van der Waals surface area contributed by atoms with Gasteiger partial charge < -0.3 is 4.74 Å². The zero-order valence-corrected chi connectivity index (χ0v) is 21.7. The molecule has 2 fully saturated rings. The van der Waals surface area contributed by atoms with Gasteiger partial charge in [0.15, 0.2) is 5.17 Å². The van der Waals surface area contributed by atoms with Crippen LogP contribution in [0.2, 0.25) is 0 Å². The lowest BCUT2D eigenvalue weighted by Crippen LogP contribution is -2.44. The number of rotatable bonds is 6. The van der Waals surface area contributed by atoms with Crippen molar-refractivity contribution >= 4 is 34.6 Å². The molecule has 1 heterocycles. The number of amides is 1. The van der Waals surface area contributed by atoms with Crippen LogP contribution in [0, 0.1) is 17.2 Å². The Balaban J connectivity index is 1.35. The fraction of sp³-hybridized carbons (Fsp3) is 0.258. The van der Waals surface area contributed by atoms with Gasteiger partial charge in [0, 0.05) is 11.6 Å². The highest BCUT2D eigenvalue weighted by Crippen LogP contribution is 2.40. The topological polar surface area (TPSA) is 65.7 Å². The first kappa shape index (κ1) is 24.9. The Morgan fingerprint density at radius 2 is 1.76 bits per heavy atom.